The third-order valence-corrected chi connectivity index (χ3v) is 4.46. The third-order valence-electron chi connectivity index (χ3n) is 2.44. The van der Waals surface area contributed by atoms with Crippen LogP contribution >= 0.6 is 27.3 Å². The fourth-order valence-corrected chi connectivity index (χ4v) is 3.56. The highest BCUT2D eigenvalue weighted by Crippen LogP contribution is 2.35. The van der Waals surface area contributed by atoms with Crippen molar-refractivity contribution in [1.82, 2.24) is 0 Å². The molecule has 0 aliphatic carbocycles. The number of aliphatic hydroxyl groups is 1. The molecule has 0 radical (unpaired) electrons. The summed E-state index contributed by atoms with van der Waals surface area (Å²) in [4.78, 5) is 2.18. The van der Waals surface area contributed by atoms with Gasteiger partial charge in [0.1, 0.15) is 6.10 Å². The number of thiophene rings is 1. The zero-order valence-electron chi connectivity index (χ0n) is 9.20. The lowest BCUT2D eigenvalue weighted by Gasteiger charge is -2.10. The van der Waals surface area contributed by atoms with E-state index in [-0.39, 0.29) is 0 Å². The maximum absolute atomic E-state index is 10.3. The molecular weight excluding hydrogens is 284 g/mol. The molecule has 1 aromatic carbocycles. The highest BCUT2D eigenvalue weighted by atomic mass is 79.9. The molecule has 1 unspecified atom stereocenters. The van der Waals surface area contributed by atoms with Crippen LogP contribution < -0.4 is 0 Å². The van der Waals surface area contributed by atoms with Gasteiger partial charge < -0.3 is 5.11 Å². The number of aryl methyl sites for hydroxylation is 2. The molecule has 2 rings (SSSR count). The summed E-state index contributed by atoms with van der Waals surface area (Å²) in [5.41, 5.74) is 2.11. The van der Waals surface area contributed by atoms with Crippen molar-refractivity contribution in [2.75, 3.05) is 0 Å². The quantitative estimate of drug-likeness (QED) is 0.880. The SMILES string of the molecule is Cc1cccc(C(O)c2sc(C)cc2Br)c1. The molecule has 0 bridgehead atoms. The molecule has 1 aromatic heterocycles. The molecule has 16 heavy (non-hydrogen) atoms. The van der Waals surface area contributed by atoms with Crippen molar-refractivity contribution in [2.45, 2.75) is 20.0 Å². The Balaban J connectivity index is 2.38. The molecule has 2 aromatic rings. The summed E-state index contributed by atoms with van der Waals surface area (Å²) in [6.45, 7) is 4.08. The van der Waals surface area contributed by atoms with E-state index in [1.807, 2.05) is 44.2 Å². The van der Waals surface area contributed by atoms with Crippen LogP contribution in [0.1, 0.15) is 27.0 Å². The Morgan fingerprint density at radius 1 is 1.25 bits per heavy atom. The number of halogens is 1. The summed E-state index contributed by atoms with van der Waals surface area (Å²) in [5, 5.41) is 10.3. The van der Waals surface area contributed by atoms with E-state index < -0.39 is 6.10 Å². The van der Waals surface area contributed by atoms with Crippen LogP contribution in [0.5, 0.6) is 0 Å². The Morgan fingerprint density at radius 2 is 2.00 bits per heavy atom. The van der Waals surface area contributed by atoms with Crippen LogP contribution in [0.15, 0.2) is 34.8 Å². The first-order valence-electron chi connectivity index (χ1n) is 5.08. The summed E-state index contributed by atoms with van der Waals surface area (Å²) in [6.07, 6.45) is -0.534. The Labute approximate surface area is 108 Å². The van der Waals surface area contributed by atoms with E-state index in [4.69, 9.17) is 0 Å². The van der Waals surface area contributed by atoms with Crippen LogP contribution in [0, 0.1) is 13.8 Å². The average molecular weight is 297 g/mol. The van der Waals surface area contributed by atoms with E-state index in [2.05, 4.69) is 15.9 Å². The first-order chi connectivity index (χ1) is 7.58. The number of benzene rings is 1. The second-order valence-corrected chi connectivity index (χ2v) is 6.03. The standard InChI is InChI=1S/C13H13BrOS/c1-8-4-3-5-10(6-8)12(15)13-11(14)7-9(2)16-13/h3-7,12,15H,1-2H3. The Kier molecular flexibility index (Phi) is 3.47. The maximum atomic E-state index is 10.3. The summed E-state index contributed by atoms with van der Waals surface area (Å²) < 4.78 is 0.990. The van der Waals surface area contributed by atoms with Crippen molar-refractivity contribution < 1.29 is 5.11 Å². The smallest absolute Gasteiger partial charge is 0.114 e. The van der Waals surface area contributed by atoms with E-state index in [1.54, 1.807) is 11.3 Å². The number of rotatable bonds is 2. The van der Waals surface area contributed by atoms with E-state index in [0.29, 0.717) is 0 Å². The van der Waals surface area contributed by atoms with Crippen molar-refractivity contribution in [3.63, 3.8) is 0 Å². The van der Waals surface area contributed by atoms with Crippen molar-refractivity contribution >= 4 is 27.3 Å². The number of hydrogen-bond donors (Lipinski definition) is 1. The molecule has 0 spiro atoms. The first-order valence-corrected chi connectivity index (χ1v) is 6.69. The van der Waals surface area contributed by atoms with Gasteiger partial charge in [0.2, 0.25) is 0 Å². The summed E-state index contributed by atoms with van der Waals surface area (Å²) in [7, 11) is 0. The lowest BCUT2D eigenvalue weighted by atomic mass is 10.1. The number of aliphatic hydroxyl groups excluding tert-OH is 1. The van der Waals surface area contributed by atoms with E-state index in [1.165, 1.54) is 10.4 Å². The summed E-state index contributed by atoms with van der Waals surface area (Å²) >= 11 is 5.11. The van der Waals surface area contributed by atoms with E-state index in [0.717, 1.165) is 14.9 Å². The van der Waals surface area contributed by atoms with Crippen molar-refractivity contribution in [2.24, 2.45) is 0 Å². The van der Waals surface area contributed by atoms with Crippen LogP contribution in [0.3, 0.4) is 0 Å². The van der Waals surface area contributed by atoms with Gasteiger partial charge in [-0.3, -0.25) is 0 Å². The van der Waals surface area contributed by atoms with Gasteiger partial charge in [0, 0.05) is 9.35 Å². The molecule has 0 saturated carbocycles. The molecule has 0 aliphatic rings. The molecule has 1 N–H and O–H groups in total. The van der Waals surface area contributed by atoms with Gasteiger partial charge in [-0.2, -0.15) is 0 Å². The molecule has 0 saturated heterocycles. The molecule has 0 aliphatic heterocycles. The predicted octanol–water partition coefficient (Wildman–Crippen LogP) is 4.21. The second-order valence-electron chi connectivity index (χ2n) is 3.89. The van der Waals surface area contributed by atoms with Gasteiger partial charge in [0.05, 0.1) is 4.88 Å². The molecule has 0 amide bonds. The van der Waals surface area contributed by atoms with Crippen LogP contribution in [-0.4, -0.2) is 5.11 Å². The summed E-state index contributed by atoms with van der Waals surface area (Å²) in [6, 6.07) is 10.0. The molecule has 1 heterocycles. The second kappa shape index (κ2) is 4.70. The van der Waals surface area contributed by atoms with Gasteiger partial charge in [-0.15, -0.1) is 11.3 Å². The third kappa shape index (κ3) is 2.37. The highest BCUT2D eigenvalue weighted by molar-refractivity contribution is 9.10. The van der Waals surface area contributed by atoms with Crippen molar-refractivity contribution in [3.8, 4) is 0 Å². The van der Waals surface area contributed by atoms with E-state index in [9.17, 15) is 5.11 Å². The monoisotopic (exact) mass is 296 g/mol. The van der Waals surface area contributed by atoms with Gasteiger partial charge in [-0.25, -0.2) is 0 Å². The Morgan fingerprint density at radius 3 is 2.56 bits per heavy atom. The molecule has 1 nitrogen and oxygen atoms in total. The summed E-state index contributed by atoms with van der Waals surface area (Å²) in [5.74, 6) is 0. The fraction of sp³-hybridized carbons (Fsp3) is 0.231. The topological polar surface area (TPSA) is 20.2 Å². The Bertz CT molecular complexity index is 504. The van der Waals surface area contributed by atoms with Gasteiger partial charge in [-0.05, 0) is 41.4 Å². The Hall–Kier alpha value is -0.640. The van der Waals surface area contributed by atoms with Crippen LogP contribution in [-0.2, 0) is 0 Å². The normalized spacial score (nSPS) is 12.8. The van der Waals surface area contributed by atoms with Crippen molar-refractivity contribution in [3.05, 3.63) is 55.7 Å². The van der Waals surface area contributed by atoms with Crippen LogP contribution in [0.2, 0.25) is 0 Å². The molecule has 84 valence electrons. The van der Waals surface area contributed by atoms with Gasteiger partial charge in [0.15, 0.2) is 0 Å². The first kappa shape index (κ1) is 11.8. The molecule has 3 heteroatoms. The largest absolute Gasteiger partial charge is 0.383 e. The lowest BCUT2D eigenvalue weighted by molar-refractivity contribution is 0.223. The minimum absolute atomic E-state index is 0.534. The predicted molar refractivity (Wildman–Crippen MR) is 72.0 cm³/mol. The fourth-order valence-electron chi connectivity index (χ4n) is 1.68. The zero-order chi connectivity index (χ0) is 11.7. The lowest BCUT2D eigenvalue weighted by Crippen LogP contribution is -1.97. The maximum Gasteiger partial charge on any atom is 0.114 e. The average Bonchev–Trinajstić information content (AvgIpc) is 2.57. The van der Waals surface area contributed by atoms with Gasteiger partial charge in [0.25, 0.3) is 0 Å². The zero-order valence-corrected chi connectivity index (χ0v) is 11.6. The van der Waals surface area contributed by atoms with Crippen molar-refractivity contribution in [1.29, 1.82) is 0 Å². The van der Waals surface area contributed by atoms with Gasteiger partial charge in [-0.1, -0.05) is 29.8 Å². The minimum atomic E-state index is -0.534. The molecular formula is C13H13BrOS. The molecule has 0 fully saturated rings. The van der Waals surface area contributed by atoms with Crippen LogP contribution in [0.25, 0.3) is 0 Å². The molecule has 1 atom stereocenters. The van der Waals surface area contributed by atoms with Crippen LogP contribution in [0.4, 0.5) is 0 Å². The minimum Gasteiger partial charge on any atom is -0.383 e. The highest BCUT2D eigenvalue weighted by Gasteiger charge is 2.16. The number of hydrogen-bond acceptors (Lipinski definition) is 2. The van der Waals surface area contributed by atoms with Gasteiger partial charge >= 0.3 is 0 Å². The van der Waals surface area contributed by atoms with E-state index >= 15 is 0 Å².